The first-order chi connectivity index (χ1) is 8.41. The van der Waals surface area contributed by atoms with Gasteiger partial charge in [-0.05, 0) is 55.9 Å². The van der Waals surface area contributed by atoms with Crippen molar-refractivity contribution >= 4 is 11.7 Å². The van der Waals surface area contributed by atoms with Crippen LogP contribution in [-0.2, 0) is 4.79 Å². The van der Waals surface area contributed by atoms with E-state index in [1.165, 1.54) is 22.4 Å². The number of carboxylic acid groups (broad SMARTS) is 1. The molecule has 98 valence electrons. The van der Waals surface area contributed by atoms with Crippen molar-refractivity contribution in [3.05, 3.63) is 28.8 Å². The predicted molar refractivity (Wildman–Crippen MR) is 73.2 cm³/mol. The highest BCUT2D eigenvalue weighted by Gasteiger charge is 2.43. The molecule has 0 heterocycles. The minimum atomic E-state index is -0.648. The fourth-order valence-electron chi connectivity index (χ4n) is 2.56. The quantitative estimate of drug-likeness (QED) is 0.889. The number of aryl methyl sites for hydroxylation is 1. The van der Waals surface area contributed by atoms with Crippen LogP contribution < -0.4 is 4.90 Å². The SMILES string of the molecule is Cc1ccc(N(C)CC2CC2C(=O)O)c(C)c1C. The Morgan fingerprint density at radius 3 is 2.56 bits per heavy atom. The van der Waals surface area contributed by atoms with E-state index in [0.717, 1.165) is 13.0 Å². The Bertz CT molecular complexity index is 482. The van der Waals surface area contributed by atoms with Gasteiger partial charge in [-0.15, -0.1) is 0 Å². The van der Waals surface area contributed by atoms with Gasteiger partial charge in [0.05, 0.1) is 5.92 Å². The van der Waals surface area contributed by atoms with Crippen LogP contribution in [0.25, 0.3) is 0 Å². The molecule has 2 atom stereocenters. The summed E-state index contributed by atoms with van der Waals surface area (Å²) >= 11 is 0. The number of hydrogen-bond donors (Lipinski definition) is 1. The van der Waals surface area contributed by atoms with Crippen LogP contribution in [0, 0.1) is 32.6 Å². The molecule has 3 nitrogen and oxygen atoms in total. The Kier molecular flexibility index (Phi) is 3.33. The Morgan fingerprint density at radius 2 is 2.00 bits per heavy atom. The van der Waals surface area contributed by atoms with Gasteiger partial charge in [-0.3, -0.25) is 4.79 Å². The van der Waals surface area contributed by atoms with Crippen molar-refractivity contribution in [1.29, 1.82) is 0 Å². The van der Waals surface area contributed by atoms with Crippen LogP contribution in [0.1, 0.15) is 23.1 Å². The first-order valence-electron chi connectivity index (χ1n) is 6.42. The van der Waals surface area contributed by atoms with Crippen LogP contribution in [0.2, 0.25) is 0 Å². The number of anilines is 1. The molecular formula is C15H21NO2. The molecule has 0 bridgehead atoms. The highest BCUT2D eigenvalue weighted by atomic mass is 16.4. The lowest BCUT2D eigenvalue weighted by Gasteiger charge is -2.23. The van der Waals surface area contributed by atoms with Gasteiger partial charge in [-0.2, -0.15) is 0 Å². The normalized spacial score (nSPS) is 21.8. The summed E-state index contributed by atoms with van der Waals surface area (Å²) in [4.78, 5) is 13.0. The number of aliphatic carboxylic acids is 1. The Hall–Kier alpha value is -1.51. The minimum Gasteiger partial charge on any atom is -0.481 e. The van der Waals surface area contributed by atoms with E-state index in [0.29, 0.717) is 5.92 Å². The number of hydrogen-bond acceptors (Lipinski definition) is 2. The van der Waals surface area contributed by atoms with Crippen LogP contribution in [-0.4, -0.2) is 24.7 Å². The summed E-state index contributed by atoms with van der Waals surface area (Å²) in [6.45, 7) is 7.22. The van der Waals surface area contributed by atoms with Crippen molar-refractivity contribution in [3.63, 3.8) is 0 Å². The van der Waals surface area contributed by atoms with E-state index in [-0.39, 0.29) is 5.92 Å². The highest BCUT2D eigenvalue weighted by molar-refractivity contribution is 5.73. The van der Waals surface area contributed by atoms with Crippen LogP contribution in [0.4, 0.5) is 5.69 Å². The molecule has 3 heteroatoms. The van der Waals surface area contributed by atoms with Gasteiger partial charge in [-0.1, -0.05) is 6.07 Å². The van der Waals surface area contributed by atoms with E-state index in [9.17, 15) is 4.79 Å². The molecule has 1 aromatic carbocycles. The lowest BCUT2D eigenvalue weighted by atomic mass is 10.0. The second kappa shape index (κ2) is 4.63. The summed E-state index contributed by atoms with van der Waals surface area (Å²) in [5.74, 6) is -0.460. The number of carboxylic acids is 1. The van der Waals surface area contributed by atoms with Gasteiger partial charge in [0, 0.05) is 19.3 Å². The number of carbonyl (C=O) groups is 1. The predicted octanol–water partition coefficient (Wildman–Crippen LogP) is 2.77. The maximum absolute atomic E-state index is 10.8. The number of nitrogens with zero attached hydrogens (tertiary/aromatic N) is 1. The third-order valence-corrected chi connectivity index (χ3v) is 4.19. The van der Waals surface area contributed by atoms with Crippen molar-refractivity contribution in [3.8, 4) is 0 Å². The smallest absolute Gasteiger partial charge is 0.306 e. The van der Waals surface area contributed by atoms with Gasteiger partial charge in [0.15, 0.2) is 0 Å². The van der Waals surface area contributed by atoms with E-state index >= 15 is 0 Å². The zero-order valence-electron chi connectivity index (χ0n) is 11.5. The van der Waals surface area contributed by atoms with Crippen molar-refractivity contribution in [1.82, 2.24) is 0 Å². The van der Waals surface area contributed by atoms with Crippen LogP contribution >= 0.6 is 0 Å². The summed E-state index contributed by atoms with van der Waals surface area (Å²) < 4.78 is 0. The zero-order chi connectivity index (χ0) is 13.4. The van der Waals surface area contributed by atoms with Gasteiger partial charge in [0.25, 0.3) is 0 Å². The van der Waals surface area contributed by atoms with Gasteiger partial charge >= 0.3 is 5.97 Å². The summed E-state index contributed by atoms with van der Waals surface area (Å²) in [5, 5.41) is 8.92. The molecule has 2 unspecified atom stereocenters. The standard InChI is InChI=1S/C15H21NO2/c1-9-5-6-14(11(3)10(9)2)16(4)8-12-7-13(12)15(17)18/h5-6,12-13H,7-8H2,1-4H3,(H,17,18). The molecule has 0 spiro atoms. The average molecular weight is 247 g/mol. The highest BCUT2D eigenvalue weighted by Crippen LogP contribution is 2.40. The molecule has 1 aliphatic rings. The lowest BCUT2D eigenvalue weighted by Crippen LogP contribution is -2.22. The minimum absolute atomic E-state index is 0.126. The molecule has 0 aliphatic heterocycles. The molecule has 0 saturated heterocycles. The Balaban J connectivity index is 2.08. The summed E-state index contributed by atoms with van der Waals surface area (Å²) in [5.41, 5.74) is 5.14. The fourth-order valence-corrected chi connectivity index (χ4v) is 2.56. The summed E-state index contributed by atoms with van der Waals surface area (Å²) in [6, 6.07) is 4.27. The Morgan fingerprint density at radius 1 is 1.33 bits per heavy atom. The average Bonchev–Trinajstić information content (AvgIpc) is 3.05. The first kappa shape index (κ1) is 12.9. The van der Waals surface area contributed by atoms with Crippen molar-refractivity contribution in [2.75, 3.05) is 18.5 Å². The second-order valence-corrected chi connectivity index (χ2v) is 5.47. The van der Waals surface area contributed by atoms with Gasteiger partial charge in [0.1, 0.15) is 0 Å². The lowest BCUT2D eigenvalue weighted by molar-refractivity contribution is -0.138. The molecular weight excluding hydrogens is 226 g/mol. The molecule has 2 rings (SSSR count). The maximum atomic E-state index is 10.8. The first-order valence-corrected chi connectivity index (χ1v) is 6.42. The third kappa shape index (κ3) is 2.35. The largest absolute Gasteiger partial charge is 0.481 e. The van der Waals surface area contributed by atoms with Gasteiger partial charge in [0.2, 0.25) is 0 Å². The monoisotopic (exact) mass is 247 g/mol. The van der Waals surface area contributed by atoms with Gasteiger partial charge in [-0.25, -0.2) is 0 Å². The topological polar surface area (TPSA) is 40.5 Å². The van der Waals surface area contributed by atoms with E-state index in [4.69, 9.17) is 5.11 Å². The van der Waals surface area contributed by atoms with Crippen LogP contribution in [0.5, 0.6) is 0 Å². The maximum Gasteiger partial charge on any atom is 0.306 e. The van der Waals surface area contributed by atoms with Gasteiger partial charge < -0.3 is 10.0 Å². The second-order valence-electron chi connectivity index (χ2n) is 5.47. The van der Waals surface area contributed by atoms with Crippen LogP contribution in [0.15, 0.2) is 12.1 Å². The number of benzene rings is 1. The summed E-state index contributed by atoms with van der Waals surface area (Å²) in [7, 11) is 2.05. The molecule has 1 saturated carbocycles. The van der Waals surface area contributed by atoms with E-state index in [1.54, 1.807) is 0 Å². The van der Waals surface area contributed by atoms with E-state index in [2.05, 4.69) is 37.8 Å². The van der Waals surface area contributed by atoms with Crippen molar-refractivity contribution in [2.24, 2.45) is 11.8 Å². The van der Waals surface area contributed by atoms with E-state index in [1.807, 2.05) is 7.05 Å². The molecule has 18 heavy (non-hydrogen) atoms. The fraction of sp³-hybridized carbons (Fsp3) is 0.533. The molecule has 0 aromatic heterocycles. The van der Waals surface area contributed by atoms with Crippen molar-refractivity contribution < 1.29 is 9.90 Å². The molecule has 0 radical (unpaired) electrons. The molecule has 1 N–H and O–H groups in total. The Labute approximate surface area is 108 Å². The van der Waals surface area contributed by atoms with Crippen molar-refractivity contribution in [2.45, 2.75) is 27.2 Å². The van der Waals surface area contributed by atoms with Crippen LogP contribution in [0.3, 0.4) is 0 Å². The summed E-state index contributed by atoms with van der Waals surface area (Å²) in [6.07, 6.45) is 0.823. The third-order valence-electron chi connectivity index (χ3n) is 4.19. The van der Waals surface area contributed by atoms with E-state index < -0.39 is 5.97 Å². The number of rotatable bonds is 4. The molecule has 1 aromatic rings. The zero-order valence-corrected chi connectivity index (χ0v) is 11.5. The molecule has 1 aliphatic carbocycles. The molecule has 1 fully saturated rings. The molecule has 0 amide bonds.